The second kappa shape index (κ2) is 27.5. The zero-order valence-electron chi connectivity index (χ0n) is 40.7. The largest absolute Gasteiger partial charge is 0.508 e. The lowest BCUT2D eigenvalue weighted by atomic mass is 9.77. The molecule has 15 heteroatoms. The lowest BCUT2D eigenvalue weighted by Gasteiger charge is -2.37. The monoisotopic (exact) mass is 1040 g/mol. The number of aromatic nitrogens is 2. The molecule has 4 unspecified atom stereocenters. The number of amides is 4. The highest BCUT2D eigenvalue weighted by molar-refractivity contribution is 9.10. The Balaban J connectivity index is 1.21. The number of hydrogen-bond acceptors (Lipinski definition) is 8. The van der Waals surface area contributed by atoms with Gasteiger partial charge in [-0.1, -0.05) is 164 Å². The van der Waals surface area contributed by atoms with Crippen LogP contribution in [0, 0.1) is 0 Å². The van der Waals surface area contributed by atoms with Gasteiger partial charge in [-0.05, 0) is 77.8 Å². The van der Waals surface area contributed by atoms with Crippen LogP contribution in [0.15, 0.2) is 157 Å². The summed E-state index contributed by atoms with van der Waals surface area (Å²) in [6.07, 6.45) is 10.2. The maximum Gasteiger partial charge on any atom is 0.326 e. The number of nitrogens with two attached hydrogens (primary N) is 1. The summed E-state index contributed by atoms with van der Waals surface area (Å²) in [4.78, 5) is 72.5. The molecular weight excluding hydrogens is 975 g/mol. The van der Waals surface area contributed by atoms with Crippen molar-refractivity contribution in [1.29, 1.82) is 0 Å². The predicted molar refractivity (Wildman–Crippen MR) is 282 cm³/mol. The van der Waals surface area contributed by atoms with E-state index in [9.17, 15) is 34.2 Å². The van der Waals surface area contributed by atoms with E-state index in [2.05, 4.69) is 80.5 Å². The number of benzene rings is 5. The Kier molecular flexibility index (Phi) is 20.7. The molecule has 1 aromatic heterocycles. The fourth-order valence-electron chi connectivity index (χ4n) is 8.86. The van der Waals surface area contributed by atoms with Crippen molar-refractivity contribution in [2.75, 3.05) is 6.54 Å². The molecule has 4 amide bonds. The Morgan fingerprint density at radius 3 is 1.71 bits per heavy atom. The minimum atomic E-state index is -1.37. The fourth-order valence-corrected chi connectivity index (χ4v) is 9.12. The van der Waals surface area contributed by atoms with Crippen molar-refractivity contribution < 1.29 is 34.2 Å². The first kappa shape index (κ1) is 54.2. The van der Waals surface area contributed by atoms with E-state index in [-0.39, 0.29) is 37.3 Å². The molecule has 0 aliphatic carbocycles. The third-order valence-corrected chi connectivity index (χ3v) is 13.3. The van der Waals surface area contributed by atoms with E-state index in [4.69, 9.17) is 10.7 Å². The Morgan fingerprint density at radius 1 is 0.625 bits per heavy atom. The van der Waals surface area contributed by atoms with Crippen molar-refractivity contribution >= 4 is 45.5 Å². The van der Waals surface area contributed by atoms with Gasteiger partial charge in [0.05, 0.1) is 18.1 Å². The SMILES string of the molecule is CCCCCCCC(=O)NCCCCC(NC(=O)C(N)Cc1cn(C(c2ccccc2)(c2ccccc2)c2ccccc2)cn1)C(=O)NC(Cc1ccc(Br)cc1)C(=O)NC(Cc1ccc(O)cc1)C(=O)O. The van der Waals surface area contributed by atoms with Gasteiger partial charge in [-0.15, -0.1) is 0 Å². The molecule has 6 rings (SSSR count). The number of nitrogens with zero attached hydrogens (tertiary/aromatic N) is 2. The molecule has 72 heavy (non-hydrogen) atoms. The van der Waals surface area contributed by atoms with Crippen LogP contribution in [0.3, 0.4) is 0 Å². The van der Waals surface area contributed by atoms with E-state index in [0.717, 1.165) is 53.3 Å². The van der Waals surface area contributed by atoms with Gasteiger partial charge in [-0.3, -0.25) is 19.2 Å². The summed E-state index contributed by atoms with van der Waals surface area (Å²) in [6, 6.07) is 38.5. The number of carboxylic acids is 1. The summed E-state index contributed by atoms with van der Waals surface area (Å²) in [5.74, 6) is -3.35. The predicted octanol–water partition coefficient (Wildman–Crippen LogP) is 7.73. The zero-order chi connectivity index (χ0) is 51.3. The van der Waals surface area contributed by atoms with E-state index in [0.29, 0.717) is 42.6 Å². The van der Waals surface area contributed by atoms with E-state index < -0.39 is 53.4 Å². The average molecular weight is 1040 g/mol. The number of phenols is 1. The summed E-state index contributed by atoms with van der Waals surface area (Å²) < 4.78 is 2.83. The molecule has 5 aromatic carbocycles. The standard InChI is InChI=1S/C57H66BrN7O7/c1-2-3-4-5-15-25-52(67)60-34-17-16-24-49(54(69)63-50(35-40-26-30-45(58)31-27-40)55(70)64-51(56(71)72)36-41-28-32-47(66)33-29-41)62-53(68)48(59)37-46-38-65(39-61-46)57(42-18-9-6-10-19-42,43-20-11-7-12-21-43)44-22-13-8-14-23-44/h6-14,18-23,26-33,38-39,48-51,66H,2-5,15-17,24-25,34-37,59H2,1H3,(H,60,67)(H,62,68)(H,63,69)(H,64,70)(H,71,72). The van der Waals surface area contributed by atoms with Crippen LogP contribution in [0.4, 0.5) is 0 Å². The highest BCUT2D eigenvalue weighted by atomic mass is 79.9. The molecule has 0 saturated heterocycles. The average Bonchev–Trinajstić information content (AvgIpc) is 3.85. The second-order valence-electron chi connectivity index (χ2n) is 18.1. The number of nitrogens with one attached hydrogen (secondary N) is 4. The summed E-state index contributed by atoms with van der Waals surface area (Å²) in [7, 11) is 0. The molecule has 4 atom stereocenters. The van der Waals surface area contributed by atoms with Gasteiger partial charge in [0.2, 0.25) is 23.6 Å². The van der Waals surface area contributed by atoms with E-state index in [1.165, 1.54) is 12.1 Å². The summed E-state index contributed by atoms with van der Waals surface area (Å²) in [6.45, 7) is 2.52. The second-order valence-corrected chi connectivity index (χ2v) is 19.0. The molecule has 1 heterocycles. The molecule has 0 fully saturated rings. The number of aromatic hydroxyl groups is 1. The van der Waals surface area contributed by atoms with Crippen molar-refractivity contribution in [1.82, 2.24) is 30.8 Å². The Bertz CT molecular complexity index is 2550. The third-order valence-electron chi connectivity index (χ3n) is 12.7. The van der Waals surface area contributed by atoms with Crippen LogP contribution in [0.1, 0.15) is 98.2 Å². The lowest BCUT2D eigenvalue weighted by Crippen LogP contribution is -2.58. The number of rotatable bonds is 28. The van der Waals surface area contributed by atoms with Gasteiger partial charge in [-0.25, -0.2) is 9.78 Å². The highest BCUT2D eigenvalue weighted by Crippen LogP contribution is 2.41. The van der Waals surface area contributed by atoms with Crippen LogP contribution in [-0.2, 0) is 48.8 Å². The van der Waals surface area contributed by atoms with Crippen molar-refractivity contribution in [3.8, 4) is 5.75 Å². The molecule has 0 saturated carbocycles. The number of unbranched alkanes of at least 4 members (excludes halogenated alkanes) is 5. The first-order valence-corrected chi connectivity index (χ1v) is 25.5. The number of carbonyl (C=O) groups excluding carboxylic acids is 4. The minimum Gasteiger partial charge on any atom is -0.508 e. The van der Waals surface area contributed by atoms with Gasteiger partial charge in [0.25, 0.3) is 0 Å². The molecule has 378 valence electrons. The summed E-state index contributed by atoms with van der Waals surface area (Å²) in [5, 5.41) is 31.2. The molecule has 14 nitrogen and oxygen atoms in total. The minimum absolute atomic E-state index is 0.000151. The molecule has 6 aromatic rings. The van der Waals surface area contributed by atoms with Crippen LogP contribution in [0.5, 0.6) is 5.75 Å². The van der Waals surface area contributed by atoms with Crippen LogP contribution in [0.2, 0.25) is 0 Å². The lowest BCUT2D eigenvalue weighted by molar-refractivity contribution is -0.142. The highest BCUT2D eigenvalue weighted by Gasteiger charge is 2.39. The number of carboxylic acid groups (broad SMARTS) is 1. The van der Waals surface area contributed by atoms with Crippen LogP contribution >= 0.6 is 15.9 Å². The van der Waals surface area contributed by atoms with E-state index in [1.54, 1.807) is 42.7 Å². The normalized spacial score (nSPS) is 13.0. The zero-order valence-corrected chi connectivity index (χ0v) is 42.3. The molecule has 0 radical (unpaired) electrons. The molecule has 8 N–H and O–H groups in total. The van der Waals surface area contributed by atoms with Crippen molar-refractivity contribution in [2.45, 2.75) is 114 Å². The van der Waals surface area contributed by atoms with Gasteiger partial charge < -0.3 is 41.8 Å². The fraction of sp³-hybridized carbons (Fsp3) is 0.333. The summed E-state index contributed by atoms with van der Waals surface area (Å²) >= 11 is 3.43. The number of halogens is 1. The Hall–Kier alpha value is -7.10. The smallest absolute Gasteiger partial charge is 0.326 e. The Labute approximate surface area is 430 Å². The number of aliphatic carboxylic acids is 1. The van der Waals surface area contributed by atoms with Crippen LogP contribution < -0.4 is 27.0 Å². The maximum atomic E-state index is 14.5. The molecule has 0 spiro atoms. The summed E-state index contributed by atoms with van der Waals surface area (Å²) in [5.41, 5.74) is 10.6. The third kappa shape index (κ3) is 15.4. The van der Waals surface area contributed by atoms with Crippen molar-refractivity contribution in [3.05, 3.63) is 190 Å². The first-order valence-electron chi connectivity index (χ1n) is 24.8. The van der Waals surface area contributed by atoms with Crippen LogP contribution in [0.25, 0.3) is 0 Å². The molecule has 0 bridgehead atoms. The molecule has 0 aliphatic rings. The number of imidazole rings is 1. The van der Waals surface area contributed by atoms with Crippen molar-refractivity contribution in [2.24, 2.45) is 5.73 Å². The number of phenolic OH excluding ortho intramolecular Hbond substituents is 1. The van der Waals surface area contributed by atoms with Crippen LogP contribution in [-0.4, -0.2) is 80.1 Å². The van der Waals surface area contributed by atoms with E-state index >= 15 is 0 Å². The van der Waals surface area contributed by atoms with Gasteiger partial charge in [0.1, 0.15) is 29.4 Å². The number of hydrogen-bond donors (Lipinski definition) is 7. The first-order chi connectivity index (χ1) is 34.9. The molecule has 0 aliphatic heterocycles. The Morgan fingerprint density at radius 2 is 1.14 bits per heavy atom. The maximum absolute atomic E-state index is 14.5. The van der Waals surface area contributed by atoms with Gasteiger partial charge in [-0.2, -0.15) is 0 Å². The van der Waals surface area contributed by atoms with Gasteiger partial charge >= 0.3 is 5.97 Å². The van der Waals surface area contributed by atoms with Gasteiger partial charge in [0.15, 0.2) is 0 Å². The quantitative estimate of drug-likeness (QED) is 0.0189. The number of carbonyl (C=O) groups is 5. The molecular formula is C57H66BrN7O7. The topological polar surface area (TPSA) is 218 Å². The van der Waals surface area contributed by atoms with Crippen molar-refractivity contribution in [3.63, 3.8) is 0 Å². The van der Waals surface area contributed by atoms with E-state index in [1.807, 2.05) is 65.4 Å². The van der Waals surface area contributed by atoms with Gasteiger partial charge in [0, 0.05) is 42.9 Å².